The molecule has 120 valence electrons. The van der Waals surface area contributed by atoms with E-state index in [-0.39, 0.29) is 6.61 Å². The second-order valence-corrected chi connectivity index (χ2v) is 6.75. The number of hydrogen-bond acceptors (Lipinski definition) is 5. The van der Waals surface area contributed by atoms with Gasteiger partial charge in [-0.15, -0.1) is 11.3 Å². The first kappa shape index (κ1) is 16.0. The lowest BCUT2D eigenvalue weighted by molar-refractivity contribution is 0.0643. The van der Waals surface area contributed by atoms with Crippen molar-refractivity contribution in [3.63, 3.8) is 0 Å². The van der Waals surface area contributed by atoms with Gasteiger partial charge in [0, 0.05) is 17.5 Å². The molecule has 0 amide bonds. The van der Waals surface area contributed by atoms with Gasteiger partial charge in [-0.3, -0.25) is 4.90 Å². The maximum Gasteiger partial charge on any atom is 0.119 e. The van der Waals surface area contributed by atoms with Gasteiger partial charge in [0.1, 0.15) is 18.5 Å². The number of aliphatic hydroxyl groups excluding tert-OH is 1. The summed E-state index contributed by atoms with van der Waals surface area (Å²) in [5.41, 5.74) is 0.605. The van der Waals surface area contributed by atoms with Crippen LogP contribution in [0.3, 0.4) is 0 Å². The van der Waals surface area contributed by atoms with Gasteiger partial charge < -0.3 is 9.84 Å². The van der Waals surface area contributed by atoms with Gasteiger partial charge in [-0.2, -0.15) is 5.26 Å². The molecule has 1 aromatic heterocycles. The van der Waals surface area contributed by atoms with Crippen molar-refractivity contribution in [2.45, 2.75) is 25.0 Å². The maximum atomic E-state index is 10.3. The van der Waals surface area contributed by atoms with Crippen LogP contribution in [0, 0.1) is 11.3 Å². The molecule has 0 aliphatic carbocycles. The third-order valence-electron chi connectivity index (χ3n) is 4.11. The van der Waals surface area contributed by atoms with E-state index in [1.54, 1.807) is 35.6 Å². The van der Waals surface area contributed by atoms with Crippen LogP contribution in [0.4, 0.5) is 0 Å². The van der Waals surface area contributed by atoms with Crippen molar-refractivity contribution in [2.75, 3.05) is 19.7 Å². The molecule has 4 nitrogen and oxygen atoms in total. The predicted octanol–water partition coefficient (Wildman–Crippen LogP) is 3.20. The molecule has 0 bridgehead atoms. The van der Waals surface area contributed by atoms with Crippen molar-refractivity contribution < 1.29 is 9.84 Å². The fourth-order valence-electron chi connectivity index (χ4n) is 2.99. The van der Waals surface area contributed by atoms with Gasteiger partial charge in [-0.25, -0.2) is 0 Å². The number of likely N-dealkylation sites (tertiary alicyclic amines) is 1. The van der Waals surface area contributed by atoms with Crippen LogP contribution in [0.5, 0.6) is 5.75 Å². The Balaban J connectivity index is 1.50. The molecule has 1 fully saturated rings. The average Bonchev–Trinajstić information content (AvgIpc) is 3.24. The molecular formula is C18H20N2O2S. The number of nitrogens with zero attached hydrogens (tertiary/aromatic N) is 2. The smallest absolute Gasteiger partial charge is 0.119 e. The minimum atomic E-state index is -0.522. The van der Waals surface area contributed by atoms with E-state index in [1.807, 2.05) is 0 Å². The predicted molar refractivity (Wildman–Crippen MR) is 90.5 cm³/mol. The number of hydrogen-bond donors (Lipinski definition) is 1. The van der Waals surface area contributed by atoms with Crippen molar-refractivity contribution >= 4 is 11.3 Å². The second-order valence-electron chi connectivity index (χ2n) is 5.77. The zero-order valence-electron chi connectivity index (χ0n) is 12.9. The molecule has 0 saturated carbocycles. The summed E-state index contributed by atoms with van der Waals surface area (Å²) in [6.45, 7) is 1.91. The Morgan fingerprint density at radius 1 is 1.35 bits per heavy atom. The van der Waals surface area contributed by atoms with Crippen LogP contribution in [0.1, 0.15) is 29.3 Å². The van der Waals surface area contributed by atoms with Crippen molar-refractivity contribution in [3.8, 4) is 11.8 Å². The van der Waals surface area contributed by atoms with E-state index in [0.29, 0.717) is 23.9 Å². The minimum absolute atomic E-state index is 0.263. The first-order chi connectivity index (χ1) is 11.3. The van der Waals surface area contributed by atoms with Gasteiger partial charge in [0.15, 0.2) is 0 Å². The van der Waals surface area contributed by atoms with Crippen LogP contribution < -0.4 is 4.74 Å². The summed E-state index contributed by atoms with van der Waals surface area (Å²) in [5.74, 6) is 0.680. The zero-order chi connectivity index (χ0) is 16.1. The number of β-amino-alcohol motifs (C(OH)–C–C–N with tert-alkyl or cyclic N) is 1. The molecule has 2 aromatic rings. The quantitative estimate of drug-likeness (QED) is 0.885. The molecule has 2 atom stereocenters. The zero-order valence-corrected chi connectivity index (χ0v) is 13.7. The van der Waals surface area contributed by atoms with E-state index < -0.39 is 6.10 Å². The Bertz CT molecular complexity index is 649. The van der Waals surface area contributed by atoms with Crippen LogP contribution in [0.25, 0.3) is 0 Å². The second kappa shape index (κ2) is 7.60. The van der Waals surface area contributed by atoms with Gasteiger partial charge >= 0.3 is 0 Å². The van der Waals surface area contributed by atoms with Crippen molar-refractivity contribution in [1.82, 2.24) is 4.90 Å². The van der Waals surface area contributed by atoms with E-state index in [2.05, 4.69) is 28.5 Å². The van der Waals surface area contributed by atoms with Crippen molar-refractivity contribution in [1.29, 1.82) is 5.26 Å². The third kappa shape index (κ3) is 4.11. The molecule has 2 heterocycles. The molecular weight excluding hydrogens is 308 g/mol. The van der Waals surface area contributed by atoms with Gasteiger partial charge in [0.05, 0.1) is 11.6 Å². The highest BCUT2D eigenvalue weighted by Crippen LogP contribution is 2.34. The topological polar surface area (TPSA) is 56.5 Å². The number of rotatable bonds is 6. The first-order valence-corrected chi connectivity index (χ1v) is 8.72. The van der Waals surface area contributed by atoms with E-state index in [4.69, 9.17) is 10.00 Å². The highest BCUT2D eigenvalue weighted by atomic mass is 32.1. The lowest BCUT2D eigenvalue weighted by Gasteiger charge is -2.26. The molecule has 0 spiro atoms. The van der Waals surface area contributed by atoms with Crippen LogP contribution in [-0.2, 0) is 0 Å². The Hall–Kier alpha value is -1.87. The standard InChI is InChI=1S/C18H20N2O2S/c19-11-14-5-7-16(8-6-14)22-13-15(21)12-20-9-1-3-17(20)18-4-2-10-23-18/h2,4-8,10,15,17,21H,1,3,9,12-13H2. The molecule has 5 heteroatoms. The Labute approximate surface area is 140 Å². The molecule has 1 aliphatic heterocycles. The molecule has 23 heavy (non-hydrogen) atoms. The summed E-state index contributed by atoms with van der Waals surface area (Å²) in [5, 5.41) is 21.2. The van der Waals surface area contributed by atoms with Crippen molar-refractivity contribution in [3.05, 3.63) is 52.2 Å². The fourth-order valence-corrected chi connectivity index (χ4v) is 3.88. The Morgan fingerprint density at radius 3 is 2.87 bits per heavy atom. The normalized spacial score (nSPS) is 19.4. The number of aliphatic hydroxyl groups is 1. The largest absolute Gasteiger partial charge is 0.491 e. The average molecular weight is 328 g/mol. The molecule has 1 aliphatic rings. The number of nitriles is 1. The SMILES string of the molecule is N#Cc1ccc(OCC(O)CN2CCCC2c2cccs2)cc1. The van der Waals surface area contributed by atoms with E-state index in [1.165, 1.54) is 11.3 Å². The number of thiophene rings is 1. The summed E-state index contributed by atoms with van der Waals surface area (Å²) in [6, 6.07) is 13.7. The summed E-state index contributed by atoms with van der Waals surface area (Å²) in [7, 11) is 0. The van der Waals surface area contributed by atoms with E-state index in [9.17, 15) is 5.11 Å². The Morgan fingerprint density at radius 2 is 2.17 bits per heavy atom. The Kier molecular flexibility index (Phi) is 5.29. The van der Waals surface area contributed by atoms with E-state index in [0.717, 1.165) is 13.0 Å². The maximum absolute atomic E-state index is 10.3. The number of benzene rings is 1. The highest BCUT2D eigenvalue weighted by molar-refractivity contribution is 7.10. The van der Waals surface area contributed by atoms with Gasteiger partial charge in [-0.05, 0) is 55.1 Å². The minimum Gasteiger partial charge on any atom is -0.491 e. The lowest BCUT2D eigenvalue weighted by atomic mass is 10.2. The summed E-state index contributed by atoms with van der Waals surface area (Å²) in [4.78, 5) is 3.72. The summed E-state index contributed by atoms with van der Waals surface area (Å²) >= 11 is 1.78. The summed E-state index contributed by atoms with van der Waals surface area (Å²) in [6.07, 6.45) is 1.81. The fraction of sp³-hybridized carbons (Fsp3) is 0.389. The monoisotopic (exact) mass is 328 g/mol. The molecule has 2 unspecified atom stereocenters. The lowest BCUT2D eigenvalue weighted by Crippen LogP contribution is -2.35. The van der Waals surface area contributed by atoms with Gasteiger partial charge in [0.25, 0.3) is 0 Å². The summed E-state index contributed by atoms with van der Waals surface area (Å²) < 4.78 is 5.62. The molecule has 1 N–H and O–H groups in total. The molecule has 1 aromatic carbocycles. The number of ether oxygens (including phenoxy) is 1. The highest BCUT2D eigenvalue weighted by Gasteiger charge is 2.28. The van der Waals surface area contributed by atoms with Crippen molar-refractivity contribution in [2.24, 2.45) is 0 Å². The van der Waals surface area contributed by atoms with Gasteiger partial charge in [0.2, 0.25) is 0 Å². The van der Waals surface area contributed by atoms with E-state index >= 15 is 0 Å². The molecule has 0 radical (unpaired) electrons. The van der Waals surface area contributed by atoms with Crippen LogP contribution >= 0.6 is 11.3 Å². The van der Waals surface area contributed by atoms with Gasteiger partial charge in [-0.1, -0.05) is 6.07 Å². The van der Waals surface area contributed by atoms with Crippen LogP contribution in [0.15, 0.2) is 41.8 Å². The first-order valence-electron chi connectivity index (χ1n) is 7.85. The van der Waals surface area contributed by atoms with Crippen LogP contribution in [0.2, 0.25) is 0 Å². The molecule has 1 saturated heterocycles. The van der Waals surface area contributed by atoms with Crippen LogP contribution in [-0.4, -0.2) is 35.8 Å². The third-order valence-corrected chi connectivity index (χ3v) is 5.08. The molecule has 3 rings (SSSR count).